The van der Waals surface area contributed by atoms with E-state index in [2.05, 4.69) is 45.1 Å². The van der Waals surface area contributed by atoms with Crippen molar-refractivity contribution in [3.05, 3.63) is 79.0 Å². The molecule has 0 N–H and O–H groups in total. The van der Waals surface area contributed by atoms with Crippen LogP contribution in [0.3, 0.4) is 0 Å². The van der Waals surface area contributed by atoms with Crippen LogP contribution in [-0.4, -0.2) is 24.9 Å². The van der Waals surface area contributed by atoms with E-state index in [1.54, 1.807) is 24.8 Å². The lowest BCUT2D eigenvalue weighted by molar-refractivity contribution is 1.22. The SMILES string of the molecule is Cc1ccccc1-c1cc(-c2nccc3cnccc23)c2nccnc2n1. The van der Waals surface area contributed by atoms with Crippen molar-refractivity contribution in [2.24, 2.45) is 0 Å². The number of pyridine rings is 3. The molecule has 1 aromatic carbocycles. The number of fused-ring (bicyclic) bond motifs is 2. The molecule has 0 aliphatic rings. The molecule has 0 atom stereocenters. The van der Waals surface area contributed by atoms with Crippen LogP contribution in [0.1, 0.15) is 5.56 Å². The van der Waals surface area contributed by atoms with E-state index in [1.807, 2.05) is 30.5 Å². The van der Waals surface area contributed by atoms with Gasteiger partial charge in [0.15, 0.2) is 5.65 Å². The van der Waals surface area contributed by atoms with Crippen LogP contribution in [0.25, 0.3) is 44.5 Å². The standard InChI is InChI=1S/C22H15N5/c1-14-4-2-3-5-16(14)19-12-18(21-22(27-19)26-11-10-25-21)20-17-7-8-23-13-15(17)6-9-24-20/h2-13H,1H3. The molecule has 4 aromatic heterocycles. The van der Waals surface area contributed by atoms with Gasteiger partial charge in [0, 0.05) is 52.9 Å². The van der Waals surface area contributed by atoms with Crippen LogP contribution >= 0.6 is 0 Å². The average molecular weight is 349 g/mol. The predicted octanol–water partition coefficient (Wildman–Crippen LogP) is 4.61. The van der Waals surface area contributed by atoms with Crippen molar-refractivity contribution < 1.29 is 0 Å². The summed E-state index contributed by atoms with van der Waals surface area (Å²) in [5, 5.41) is 2.06. The Morgan fingerprint density at radius 2 is 1.67 bits per heavy atom. The fourth-order valence-electron chi connectivity index (χ4n) is 3.36. The first-order chi connectivity index (χ1) is 13.3. The van der Waals surface area contributed by atoms with Crippen LogP contribution in [0.5, 0.6) is 0 Å². The maximum Gasteiger partial charge on any atom is 0.179 e. The van der Waals surface area contributed by atoms with Gasteiger partial charge in [-0.3, -0.25) is 15.0 Å². The number of hydrogen-bond acceptors (Lipinski definition) is 5. The predicted molar refractivity (Wildman–Crippen MR) is 106 cm³/mol. The van der Waals surface area contributed by atoms with Gasteiger partial charge in [-0.25, -0.2) is 9.97 Å². The number of hydrogen-bond donors (Lipinski definition) is 0. The average Bonchev–Trinajstić information content (AvgIpc) is 2.73. The molecule has 0 saturated heterocycles. The molecular weight excluding hydrogens is 334 g/mol. The molecule has 5 aromatic rings. The van der Waals surface area contributed by atoms with Crippen LogP contribution < -0.4 is 0 Å². The molecule has 0 amide bonds. The van der Waals surface area contributed by atoms with Crippen LogP contribution in [-0.2, 0) is 0 Å². The fraction of sp³-hybridized carbons (Fsp3) is 0.0455. The highest BCUT2D eigenvalue weighted by Crippen LogP contribution is 2.33. The highest BCUT2D eigenvalue weighted by Gasteiger charge is 2.15. The van der Waals surface area contributed by atoms with Crippen molar-refractivity contribution >= 4 is 21.9 Å². The van der Waals surface area contributed by atoms with Gasteiger partial charge in [-0.15, -0.1) is 0 Å². The smallest absolute Gasteiger partial charge is 0.179 e. The van der Waals surface area contributed by atoms with Crippen molar-refractivity contribution in [1.29, 1.82) is 0 Å². The molecule has 0 unspecified atom stereocenters. The zero-order valence-electron chi connectivity index (χ0n) is 14.7. The topological polar surface area (TPSA) is 64.5 Å². The molecule has 0 radical (unpaired) electrons. The quantitative estimate of drug-likeness (QED) is 0.466. The summed E-state index contributed by atoms with van der Waals surface area (Å²) in [5.74, 6) is 0. The van der Waals surface area contributed by atoms with E-state index >= 15 is 0 Å². The van der Waals surface area contributed by atoms with Gasteiger partial charge >= 0.3 is 0 Å². The van der Waals surface area contributed by atoms with E-state index in [0.29, 0.717) is 5.65 Å². The Morgan fingerprint density at radius 3 is 2.59 bits per heavy atom. The summed E-state index contributed by atoms with van der Waals surface area (Å²) in [7, 11) is 0. The van der Waals surface area contributed by atoms with Gasteiger partial charge in [0.05, 0.1) is 11.4 Å². The Morgan fingerprint density at radius 1 is 0.778 bits per heavy atom. The first kappa shape index (κ1) is 15.5. The minimum absolute atomic E-state index is 0.612. The van der Waals surface area contributed by atoms with Crippen LogP contribution in [0.15, 0.2) is 73.4 Å². The molecular formula is C22H15N5. The molecule has 0 spiro atoms. The maximum atomic E-state index is 4.76. The highest BCUT2D eigenvalue weighted by atomic mass is 14.9. The number of nitrogens with zero attached hydrogens (tertiary/aromatic N) is 5. The molecule has 0 fully saturated rings. The lowest BCUT2D eigenvalue weighted by Crippen LogP contribution is -1.96. The Bertz CT molecular complexity index is 1290. The number of aromatic nitrogens is 5. The van der Waals surface area contributed by atoms with E-state index in [1.165, 1.54) is 0 Å². The number of rotatable bonds is 2. The van der Waals surface area contributed by atoms with Crippen molar-refractivity contribution in [1.82, 2.24) is 24.9 Å². The molecule has 5 nitrogen and oxygen atoms in total. The summed E-state index contributed by atoms with van der Waals surface area (Å²) < 4.78 is 0. The van der Waals surface area contributed by atoms with Crippen molar-refractivity contribution in [3.8, 4) is 22.5 Å². The molecule has 0 saturated carbocycles. The maximum absolute atomic E-state index is 4.76. The van der Waals surface area contributed by atoms with Gasteiger partial charge in [0.25, 0.3) is 0 Å². The van der Waals surface area contributed by atoms with Crippen LogP contribution in [0.4, 0.5) is 0 Å². The molecule has 0 bridgehead atoms. The van der Waals surface area contributed by atoms with E-state index in [-0.39, 0.29) is 0 Å². The Balaban J connectivity index is 1.87. The zero-order valence-corrected chi connectivity index (χ0v) is 14.7. The lowest BCUT2D eigenvalue weighted by Gasteiger charge is -2.11. The summed E-state index contributed by atoms with van der Waals surface area (Å²) in [6.07, 6.45) is 8.78. The fourth-order valence-corrected chi connectivity index (χ4v) is 3.36. The van der Waals surface area contributed by atoms with Gasteiger partial charge in [0.2, 0.25) is 0 Å². The minimum Gasteiger partial charge on any atom is -0.264 e. The molecule has 4 heterocycles. The first-order valence-corrected chi connectivity index (χ1v) is 8.68. The van der Waals surface area contributed by atoms with E-state index < -0.39 is 0 Å². The van der Waals surface area contributed by atoms with Crippen molar-refractivity contribution in [2.75, 3.05) is 0 Å². The summed E-state index contributed by atoms with van der Waals surface area (Å²) in [5.41, 5.74) is 6.24. The second-order valence-electron chi connectivity index (χ2n) is 6.35. The van der Waals surface area contributed by atoms with E-state index in [4.69, 9.17) is 4.98 Å². The Hall–Kier alpha value is -3.73. The molecule has 5 rings (SSSR count). The Kier molecular flexibility index (Phi) is 3.57. The van der Waals surface area contributed by atoms with Gasteiger partial charge in [-0.1, -0.05) is 24.3 Å². The lowest BCUT2D eigenvalue weighted by atomic mass is 10.00. The molecule has 27 heavy (non-hydrogen) atoms. The molecule has 5 heteroatoms. The molecule has 0 aliphatic heterocycles. The van der Waals surface area contributed by atoms with Crippen LogP contribution in [0, 0.1) is 6.92 Å². The van der Waals surface area contributed by atoms with E-state index in [9.17, 15) is 0 Å². The van der Waals surface area contributed by atoms with Crippen molar-refractivity contribution in [2.45, 2.75) is 6.92 Å². The summed E-state index contributed by atoms with van der Waals surface area (Å²) >= 11 is 0. The number of aryl methyl sites for hydroxylation is 1. The van der Waals surface area contributed by atoms with Gasteiger partial charge in [-0.05, 0) is 30.7 Å². The van der Waals surface area contributed by atoms with Crippen molar-refractivity contribution in [3.63, 3.8) is 0 Å². The summed E-state index contributed by atoms with van der Waals surface area (Å²) in [6.45, 7) is 2.08. The monoisotopic (exact) mass is 349 g/mol. The zero-order chi connectivity index (χ0) is 18.2. The number of benzene rings is 1. The second kappa shape index (κ2) is 6.21. The van der Waals surface area contributed by atoms with E-state index in [0.717, 1.165) is 44.4 Å². The summed E-state index contributed by atoms with van der Waals surface area (Å²) in [6, 6.07) is 14.2. The molecule has 0 aliphatic carbocycles. The Labute approximate surface area is 155 Å². The van der Waals surface area contributed by atoms with Crippen LogP contribution in [0.2, 0.25) is 0 Å². The van der Waals surface area contributed by atoms with Gasteiger partial charge in [-0.2, -0.15) is 0 Å². The largest absolute Gasteiger partial charge is 0.264 e. The third kappa shape index (κ3) is 2.60. The highest BCUT2D eigenvalue weighted by molar-refractivity contribution is 6.01. The van der Waals surface area contributed by atoms with Gasteiger partial charge in [0.1, 0.15) is 5.52 Å². The third-order valence-electron chi connectivity index (χ3n) is 4.68. The van der Waals surface area contributed by atoms with Gasteiger partial charge < -0.3 is 0 Å². The second-order valence-corrected chi connectivity index (χ2v) is 6.35. The summed E-state index contributed by atoms with van der Waals surface area (Å²) in [4.78, 5) is 22.6. The third-order valence-corrected chi connectivity index (χ3v) is 4.68. The minimum atomic E-state index is 0.612. The normalized spacial score (nSPS) is 11.1. The molecule has 128 valence electrons. The first-order valence-electron chi connectivity index (χ1n) is 8.68.